The number of nitriles is 3. The van der Waals surface area contributed by atoms with Crippen molar-refractivity contribution in [1.29, 1.82) is 15.8 Å². The molecule has 0 aliphatic carbocycles. The summed E-state index contributed by atoms with van der Waals surface area (Å²) < 4.78 is 5.23. The summed E-state index contributed by atoms with van der Waals surface area (Å²) in [6.07, 6.45) is -0.167. The SMILES string of the molecule is CC(=O)C[C@@]1(C)OC(N)=C(C#N)C1(C#N)C#N. The number of ether oxygens (including phenoxy) is 1. The lowest BCUT2D eigenvalue weighted by Crippen LogP contribution is -2.44. The number of rotatable bonds is 2. The first kappa shape index (κ1) is 12.5. The molecule has 0 unspecified atom stereocenters. The number of Topliss-reactive ketones (excluding diaryl/α,β-unsaturated/α-hetero) is 1. The number of nitrogens with zero attached hydrogens (tertiary/aromatic N) is 3. The summed E-state index contributed by atoms with van der Waals surface area (Å²) in [5.41, 5.74) is 2.00. The zero-order valence-corrected chi connectivity index (χ0v) is 9.44. The lowest BCUT2D eigenvalue weighted by Gasteiger charge is -2.31. The predicted octanol–water partition coefficient (Wildman–Crippen LogP) is 0.482. The van der Waals surface area contributed by atoms with Gasteiger partial charge in [0.05, 0.1) is 12.1 Å². The van der Waals surface area contributed by atoms with Crippen LogP contribution in [-0.4, -0.2) is 11.4 Å². The summed E-state index contributed by atoms with van der Waals surface area (Å²) >= 11 is 0. The molecule has 1 aliphatic heterocycles. The molecule has 1 heterocycles. The third kappa shape index (κ3) is 1.49. The van der Waals surface area contributed by atoms with Gasteiger partial charge in [-0.15, -0.1) is 0 Å². The van der Waals surface area contributed by atoms with Crippen LogP contribution in [0.3, 0.4) is 0 Å². The topological polar surface area (TPSA) is 124 Å². The monoisotopic (exact) mass is 230 g/mol. The molecule has 1 aliphatic rings. The zero-order valence-electron chi connectivity index (χ0n) is 9.44. The van der Waals surface area contributed by atoms with E-state index in [1.807, 2.05) is 0 Å². The Labute approximate surface area is 98.5 Å². The summed E-state index contributed by atoms with van der Waals surface area (Å²) in [6.45, 7) is 2.74. The summed E-state index contributed by atoms with van der Waals surface area (Å²) in [6, 6.07) is 5.22. The third-order valence-electron chi connectivity index (χ3n) is 2.78. The van der Waals surface area contributed by atoms with Crippen LogP contribution in [0.4, 0.5) is 0 Å². The molecule has 6 nitrogen and oxygen atoms in total. The summed E-state index contributed by atoms with van der Waals surface area (Å²) in [7, 11) is 0. The van der Waals surface area contributed by atoms with Crippen LogP contribution in [0.15, 0.2) is 11.5 Å². The fourth-order valence-corrected chi connectivity index (χ4v) is 1.98. The molecule has 0 saturated heterocycles. The largest absolute Gasteiger partial charge is 0.469 e. The molecule has 6 heteroatoms. The fraction of sp³-hybridized carbons (Fsp3) is 0.455. The van der Waals surface area contributed by atoms with Crippen LogP contribution < -0.4 is 5.73 Å². The van der Waals surface area contributed by atoms with Crippen LogP contribution in [0, 0.1) is 39.4 Å². The van der Waals surface area contributed by atoms with Gasteiger partial charge in [0.1, 0.15) is 17.4 Å². The maximum absolute atomic E-state index is 11.2. The second-order valence-electron chi connectivity index (χ2n) is 4.04. The van der Waals surface area contributed by atoms with Crippen molar-refractivity contribution in [2.45, 2.75) is 25.9 Å². The number of nitrogens with two attached hydrogens (primary N) is 1. The van der Waals surface area contributed by atoms with Crippen molar-refractivity contribution in [3.63, 3.8) is 0 Å². The van der Waals surface area contributed by atoms with Crippen LogP contribution in [0.5, 0.6) is 0 Å². The predicted molar refractivity (Wildman–Crippen MR) is 55.3 cm³/mol. The molecule has 17 heavy (non-hydrogen) atoms. The Morgan fingerprint density at radius 3 is 2.29 bits per heavy atom. The second kappa shape index (κ2) is 3.81. The van der Waals surface area contributed by atoms with E-state index in [2.05, 4.69) is 0 Å². The van der Waals surface area contributed by atoms with Gasteiger partial charge < -0.3 is 10.5 Å². The Bertz CT molecular complexity index is 515. The molecular formula is C11H10N4O2. The van der Waals surface area contributed by atoms with E-state index in [0.29, 0.717) is 0 Å². The molecule has 0 radical (unpaired) electrons. The number of hydrogen-bond acceptors (Lipinski definition) is 6. The average Bonchev–Trinajstić information content (AvgIpc) is 2.44. The van der Waals surface area contributed by atoms with E-state index in [1.165, 1.54) is 13.8 Å². The smallest absolute Gasteiger partial charge is 0.222 e. The van der Waals surface area contributed by atoms with E-state index in [4.69, 9.17) is 15.7 Å². The molecule has 1 rings (SSSR count). The van der Waals surface area contributed by atoms with Gasteiger partial charge in [0.2, 0.25) is 11.3 Å². The van der Waals surface area contributed by atoms with Gasteiger partial charge in [-0.1, -0.05) is 0 Å². The Balaban J connectivity index is 3.44. The molecule has 2 N–H and O–H groups in total. The Kier molecular flexibility index (Phi) is 2.81. The van der Waals surface area contributed by atoms with Crippen LogP contribution in [-0.2, 0) is 9.53 Å². The molecule has 0 aromatic heterocycles. The first-order valence-electron chi connectivity index (χ1n) is 4.78. The van der Waals surface area contributed by atoms with E-state index in [1.54, 1.807) is 18.2 Å². The number of ketones is 1. The summed E-state index contributed by atoms with van der Waals surface area (Å²) in [5.74, 6) is -0.520. The Hall–Kier alpha value is -2.52. The molecule has 0 aromatic carbocycles. The van der Waals surface area contributed by atoms with Crippen molar-refractivity contribution >= 4 is 5.78 Å². The summed E-state index contributed by atoms with van der Waals surface area (Å²) in [5, 5.41) is 27.3. The lowest BCUT2D eigenvalue weighted by molar-refractivity contribution is -0.123. The minimum atomic E-state index is -1.84. The summed E-state index contributed by atoms with van der Waals surface area (Å²) in [4.78, 5) is 11.2. The molecular weight excluding hydrogens is 220 g/mol. The molecule has 0 saturated carbocycles. The number of carbonyl (C=O) groups is 1. The van der Waals surface area contributed by atoms with E-state index in [-0.39, 0.29) is 23.7 Å². The highest BCUT2D eigenvalue weighted by Crippen LogP contribution is 2.49. The highest BCUT2D eigenvalue weighted by Gasteiger charge is 2.61. The Morgan fingerprint density at radius 1 is 1.41 bits per heavy atom. The standard InChI is InChI=1S/C11H10N4O2/c1-7(16)3-10(2)11(5-13,6-14)8(4-12)9(15)17-10/h3,15H2,1-2H3/t10-/m1/s1. The molecule has 0 spiro atoms. The van der Waals surface area contributed by atoms with Crippen molar-refractivity contribution in [3.05, 3.63) is 11.5 Å². The van der Waals surface area contributed by atoms with Gasteiger partial charge in [0.25, 0.3) is 0 Å². The molecule has 0 amide bonds. The van der Waals surface area contributed by atoms with Gasteiger partial charge in [-0.25, -0.2) is 0 Å². The van der Waals surface area contributed by atoms with Crippen molar-refractivity contribution in [2.75, 3.05) is 0 Å². The zero-order chi connectivity index (χ0) is 13.3. The van der Waals surface area contributed by atoms with E-state index >= 15 is 0 Å². The number of carbonyl (C=O) groups excluding carboxylic acids is 1. The molecule has 86 valence electrons. The van der Waals surface area contributed by atoms with Crippen molar-refractivity contribution in [3.8, 4) is 18.2 Å². The second-order valence-corrected chi connectivity index (χ2v) is 4.04. The number of hydrogen-bond donors (Lipinski definition) is 1. The molecule has 0 aromatic rings. The van der Waals surface area contributed by atoms with Crippen LogP contribution >= 0.6 is 0 Å². The molecule has 0 fully saturated rings. The maximum Gasteiger partial charge on any atom is 0.222 e. The van der Waals surface area contributed by atoms with Gasteiger partial charge in [-0.2, -0.15) is 15.8 Å². The van der Waals surface area contributed by atoms with E-state index < -0.39 is 11.0 Å². The third-order valence-corrected chi connectivity index (χ3v) is 2.78. The quantitative estimate of drug-likeness (QED) is 0.735. The first-order chi connectivity index (χ1) is 7.86. The highest BCUT2D eigenvalue weighted by atomic mass is 16.5. The average molecular weight is 230 g/mol. The minimum absolute atomic E-state index is 0.167. The van der Waals surface area contributed by atoms with Gasteiger partial charge in [0.15, 0.2) is 5.60 Å². The molecule has 0 bridgehead atoms. The van der Waals surface area contributed by atoms with Crippen LogP contribution in [0.2, 0.25) is 0 Å². The van der Waals surface area contributed by atoms with E-state index in [9.17, 15) is 15.3 Å². The van der Waals surface area contributed by atoms with E-state index in [0.717, 1.165) is 0 Å². The maximum atomic E-state index is 11.2. The van der Waals surface area contributed by atoms with Crippen molar-refractivity contribution in [2.24, 2.45) is 11.1 Å². The molecule has 1 atom stereocenters. The van der Waals surface area contributed by atoms with Gasteiger partial charge in [-0.05, 0) is 13.8 Å². The fourth-order valence-electron chi connectivity index (χ4n) is 1.98. The Morgan fingerprint density at radius 2 is 1.94 bits per heavy atom. The van der Waals surface area contributed by atoms with Crippen LogP contribution in [0.1, 0.15) is 20.3 Å². The van der Waals surface area contributed by atoms with Crippen molar-refractivity contribution < 1.29 is 9.53 Å². The van der Waals surface area contributed by atoms with Gasteiger partial charge >= 0.3 is 0 Å². The lowest BCUT2D eigenvalue weighted by atomic mass is 9.69. The first-order valence-corrected chi connectivity index (χ1v) is 4.78. The van der Waals surface area contributed by atoms with Crippen LogP contribution in [0.25, 0.3) is 0 Å². The van der Waals surface area contributed by atoms with Gasteiger partial charge in [-0.3, -0.25) is 4.79 Å². The normalized spacial score (nSPS) is 25.4. The minimum Gasteiger partial charge on any atom is -0.469 e. The van der Waals surface area contributed by atoms with Gasteiger partial charge in [0, 0.05) is 6.42 Å². The van der Waals surface area contributed by atoms with Crippen molar-refractivity contribution in [1.82, 2.24) is 0 Å². The highest BCUT2D eigenvalue weighted by molar-refractivity contribution is 5.77.